The average molecular weight is 976 g/mol. The number of ether oxygens (including phenoxy) is 10. The minimum absolute atomic E-state index is 0.470. The van der Waals surface area contributed by atoms with E-state index in [0.29, 0.717) is 0 Å². The molecule has 26 nitrogen and oxygen atoms in total. The van der Waals surface area contributed by atoms with Gasteiger partial charge in [-0.3, -0.25) is 0 Å². The molecule has 0 aromatic rings. The molecule has 0 bridgehead atoms. The third kappa shape index (κ3) is 95.1. The van der Waals surface area contributed by atoms with Gasteiger partial charge in [-0.15, -0.1) is 0 Å². The van der Waals surface area contributed by atoms with Gasteiger partial charge in [-0.05, 0) is 12.8 Å². The Morgan fingerprint density at radius 2 is 0.485 bits per heavy atom. The number of methoxy groups -OCH3 is 10. The Labute approximate surface area is 391 Å². The first-order valence-corrected chi connectivity index (χ1v) is 21.2. The van der Waals surface area contributed by atoms with Crippen LogP contribution in [0.4, 0.5) is 0 Å². The van der Waals surface area contributed by atoms with Gasteiger partial charge in [-0.2, -0.15) is 0 Å². The van der Waals surface area contributed by atoms with Crippen LogP contribution in [0.2, 0.25) is 0 Å². The quantitative estimate of drug-likeness (QED) is 0.0313. The summed E-state index contributed by atoms with van der Waals surface area (Å²) in [5.74, 6) is -8.72. The van der Waals surface area contributed by atoms with E-state index < -0.39 is 61.1 Å². The normalized spacial score (nSPS) is 9.98. The molecule has 0 saturated heterocycles. The first kappa shape index (κ1) is 76.9. The van der Waals surface area contributed by atoms with E-state index in [0.717, 1.165) is 132 Å². The number of carbonyl (C=O) groups is 5. The Bertz CT molecular complexity index is 853. The number of carbonyl (C=O) groups excluding carboxylic acids is 5. The van der Waals surface area contributed by atoms with Crippen molar-refractivity contribution >= 4 is 29.8 Å². The summed E-state index contributed by atoms with van der Waals surface area (Å²) >= 11 is 0. The molecular formula is C40H89N5O21. The zero-order valence-corrected chi connectivity index (χ0v) is 41.5. The van der Waals surface area contributed by atoms with Gasteiger partial charge in [0.05, 0.1) is 137 Å². The molecule has 0 spiro atoms. The van der Waals surface area contributed by atoms with Crippen molar-refractivity contribution in [1.82, 2.24) is 0 Å². The topological polar surface area (TPSA) is 396 Å². The molecule has 0 aliphatic heterocycles. The first-order chi connectivity index (χ1) is 31.5. The molecule has 0 atom stereocenters. The molecule has 0 aliphatic carbocycles. The van der Waals surface area contributed by atoms with Crippen LogP contribution in [-0.4, -0.2) is 243 Å². The fraction of sp³-hybridized carbons (Fsp3) is 0.875. The van der Waals surface area contributed by atoms with Crippen LogP contribution in [0, 0.1) is 0 Å². The number of nitrogens with two attached hydrogens (primary N) is 5. The van der Waals surface area contributed by atoms with Gasteiger partial charge in [0.2, 0.25) is 0 Å². The highest BCUT2D eigenvalue weighted by molar-refractivity contribution is 5.86. The summed E-state index contributed by atoms with van der Waals surface area (Å²) in [5, 5.41) is 68.8. The first-order valence-electron chi connectivity index (χ1n) is 21.2. The lowest BCUT2D eigenvalue weighted by atomic mass is 9.96. The Morgan fingerprint density at radius 1 is 0.333 bits per heavy atom. The molecule has 66 heavy (non-hydrogen) atoms. The van der Waals surface area contributed by atoms with Gasteiger partial charge in [0.15, 0.2) is 0 Å². The van der Waals surface area contributed by atoms with Crippen LogP contribution in [0.1, 0.15) is 25.7 Å². The van der Waals surface area contributed by atoms with Crippen molar-refractivity contribution in [1.29, 1.82) is 0 Å². The number of carboxylic acids is 5. The number of rotatable bonds is 38. The lowest BCUT2D eigenvalue weighted by molar-refractivity contribution is -0.657. The molecule has 0 unspecified atom stereocenters. The van der Waals surface area contributed by atoms with E-state index in [9.17, 15) is 49.5 Å². The third-order valence-electron chi connectivity index (χ3n) is 7.05. The van der Waals surface area contributed by atoms with E-state index in [1.54, 1.807) is 71.1 Å². The van der Waals surface area contributed by atoms with Crippen molar-refractivity contribution in [3.8, 4) is 0 Å². The predicted octanol–water partition coefficient (Wildman–Crippen LogP) is -13.8. The lowest BCUT2D eigenvalue weighted by Gasteiger charge is -2.29. The molecule has 0 rings (SSSR count). The monoisotopic (exact) mass is 976 g/mol. The largest absolute Gasteiger partial charge is 0.550 e. The maximum absolute atomic E-state index is 10.1. The molecule has 400 valence electrons. The molecule has 0 saturated carbocycles. The van der Waals surface area contributed by atoms with Crippen LogP contribution >= 0.6 is 0 Å². The van der Waals surface area contributed by atoms with Crippen LogP contribution in [-0.2, 0) is 71.3 Å². The van der Waals surface area contributed by atoms with E-state index in [-0.39, 0.29) is 0 Å². The summed E-state index contributed by atoms with van der Waals surface area (Å²) in [6, 6.07) is 0. The molecule has 0 radical (unpaired) electrons. The van der Waals surface area contributed by atoms with E-state index in [1.165, 1.54) is 0 Å². The van der Waals surface area contributed by atoms with Crippen molar-refractivity contribution in [3.05, 3.63) is 0 Å². The number of aliphatic hydroxyl groups is 1. The van der Waals surface area contributed by atoms with Crippen molar-refractivity contribution in [2.45, 2.75) is 31.3 Å². The van der Waals surface area contributed by atoms with Gasteiger partial charge in [0, 0.05) is 108 Å². The van der Waals surface area contributed by atoms with Gasteiger partial charge in [-0.25, -0.2) is 0 Å². The van der Waals surface area contributed by atoms with Gasteiger partial charge < -0.3 is 129 Å². The molecule has 11 N–H and O–H groups in total. The number of carboxylic acid groups (broad SMARTS) is 5. The zero-order chi connectivity index (χ0) is 52.0. The Morgan fingerprint density at radius 3 is 0.576 bits per heavy atom. The van der Waals surface area contributed by atoms with Crippen LogP contribution in [0.5, 0.6) is 0 Å². The number of aliphatic carboxylic acids is 5. The lowest BCUT2D eigenvalue weighted by Crippen LogP contribution is -2.86. The van der Waals surface area contributed by atoms with Crippen LogP contribution in [0.15, 0.2) is 0 Å². The summed E-state index contributed by atoms with van der Waals surface area (Å²) in [6.45, 7) is 18.5. The second kappa shape index (κ2) is 70.7. The summed E-state index contributed by atoms with van der Waals surface area (Å²) < 4.78 is 48.5. The molecule has 0 heterocycles. The average Bonchev–Trinajstić information content (AvgIpc) is 3.26. The van der Waals surface area contributed by atoms with Gasteiger partial charge in [-0.1, -0.05) is 0 Å². The molecule has 0 amide bonds. The van der Waals surface area contributed by atoms with Crippen LogP contribution < -0.4 is 52.1 Å². The summed E-state index contributed by atoms with van der Waals surface area (Å²) in [7, 11) is 17.1. The van der Waals surface area contributed by atoms with E-state index in [1.807, 2.05) is 0 Å². The molecule has 0 aromatic carbocycles. The van der Waals surface area contributed by atoms with Crippen molar-refractivity contribution < 1.29 is 129 Å². The molecule has 0 fully saturated rings. The second-order valence-corrected chi connectivity index (χ2v) is 12.9. The van der Waals surface area contributed by atoms with Gasteiger partial charge in [0.25, 0.3) is 0 Å². The van der Waals surface area contributed by atoms with E-state index in [4.69, 9.17) is 52.5 Å². The Hall–Kier alpha value is -3.29. The van der Waals surface area contributed by atoms with Crippen LogP contribution in [0.3, 0.4) is 0 Å². The minimum atomic E-state index is -2.97. The molecule has 0 aliphatic rings. The van der Waals surface area contributed by atoms with Gasteiger partial charge in [0.1, 0.15) is 5.60 Å². The summed E-state index contributed by atoms with van der Waals surface area (Å²) in [5.41, 5.74) is -2.97. The molecule has 0 aromatic heterocycles. The fourth-order valence-corrected chi connectivity index (χ4v) is 3.62. The highest BCUT2D eigenvalue weighted by atomic mass is 16.5. The Kier molecular flexibility index (Phi) is 82.5. The standard InChI is InChI=1S/5C6H15NO2.C6H8O7.C4H6O4/c5*1-8-5-3-7-4-6-9-2;7-3(8)1-6(13,5(11)12)2-4(9)10;5-3(6)1-2-4(7)8/h5*7H,3-6H2,1-2H3;13H,1-2H2,(H,7,8)(H,9,10)(H,11,12);1-2H2,(H,5,6)(H,7,8). The highest BCUT2D eigenvalue weighted by Crippen LogP contribution is 2.13. The maximum Gasteiger partial charge on any atom is 0.114 e. The van der Waals surface area contributed by atoms with E-state index >= 15 is 0 Å². The number of quaternary nitrogens is 5. The number of hydrogen-bond acceptors (Lipinski definition) is 21. The van der Waals surface area contributed by atoms with Crippen molar-refractivity contribution in [3.63, 3.8) is 0 Å². The zero-order valence-electron chi connectivity index (χ0n) is 41.5. The maximum atomic E-state index is 10.1. The highest BCUT2D eigenvalue weighted by Gasteiger charge is 2.29. The smallest absolute Gasteiger partial charge is 0.114 e. The fourth-order valence-electron chi connectivity index (χ4n) is 3.62. The third-order valence-corrected chi connectivity index (χ3v) is 7.05. The Balaban J connectivity index is -0.000000124. The van der Waals surface area contributed by atoms with Crippen molar-refractivity contribution in [2.24, 2.45) is 0 Å². The molecule has 26 heteroatoms. The second-order valence-electron chi connectivity index (χ2n) is 12.9. The minimum Gasteiger partial charge on any atom is -0.550 e. The summed E-state index contributed by atoms with van der Waals surface area (Å²) in [6.07, 6.45) is -3.66. The molecular weight excluding hydrogens is 886 g/mol. The predicted molar refractivity (Wildman–Crippen MR) is 226 cm³/mol. The summed E-state index contributed by atoms with van der Waals surface area (Å²) in [4.78, 5) is 49.0. The van der Waals surface area contributed by atoms with Crippen molar-refractivity contribution in [2.75, 3.05) is 203 Å². The van der Waals surface area contributed by atoms with Gasteiger partial charge >= 0.3 is 0 Å². The van der Waals surface area contributed by atoms with Crippen LogP contribution in [0.25, 0.3) is 0 Å². The number of hydrogen-bond donors (Lipinski definition) is 6. The SMILES string of the molecule is COCC[NH2+]CCOC.COCC[NH2+]CCOC.COCC[NH2+]CCOC.COCC[NH2+]CCOC.COCC[NH2+]CCOC.O=C([O-])CC(O)(CC(=O)[O-])C(=O)[O-].O=C([O-])CCC(=O)[O-]. The van der Waals surface area contributed by atoms with E-state index in [2.05, 4.69) is 26.6 Å².